The molecule has 0 heterocycles. The van der Waals surface area contributed by atoms with E-state index in [1.807, 2.05) is 12.1 Å². The molecule has 372 valence electrons. The fourth-order valence-electron chi connectivity index (χ4n) is 11.6. The number of hydrogen-bond acceptors (Lipinski definition) is 9. The first-order valence-electron chi connectivity index (χ1n) is 26.0. The van der Waals surface area contributed by atoms with Crippen LogP contribution >= 0.6 is 17.2 Å². The lowest BCUT2D eigenvalue weighted by molar-refractivity contribution is -0.00316. The molecule has 0 bridgehead atoms. The van der Waals surface area contributed by atoms with Crippen LogP contribution in [0.3, 0.4) is 0 Å². The van der Waals surface area contributed by atoms with Crippen LogP contribution in [-0.4, -0.2) is 44.4 Å². The average Bonchev–Trinajstić information content (AvgIpc) is 3.25. The summed E-state index contributed by atoms with van der Waals surface area (Å²) in [5.74, 6) is 7.12. The van der Waals surface area contributed by atoms with Crippen LogP contribution < -0.4 is 18.5 Å². The number of carbonyl (C=O) groups is 1. The van der Waals surface area contributed by atoms with E-state index in [0.717, 1.165) is 51.4 Å². The van der Waals surface area contributed by atoms with E-state index in [1.165, 1.54) is 25.7 Å². The van der Waals surface area contributed by atoms with Crippen LogP contribution in [0.25, 0.3) is 0 Å². The SMILES string of the molecule is COc1ccc(C(=O)c2ccc(OC)cc2OP(O[C@@H]2C[C@H](C)CC[C@H]2C(C)C)O[C@@H]2C[C@H](C)CC[C@H]2C(C)C)c(OP(O[C@@H]2C[C@H](C)CCC2C(C)C)O[C@@H]2C[C@H](C)CC[C@H]2C(C)C)c1. The van der Waals surface area contributed by atoms with Crippen molar-refractivity contribution in [3.8, 4) is 23.0 Å². The van der Waals surface area contributed by atoms with E-state index in [9.17, 15) is 0 Å². The minimum absolute atomic E-state index is 0.0196. The van der Waals surface area contributed by atoms with Gasteiger partial charge in [0.1, 0.15) is 23.0 Å². The molecule has 0 spiro atoms. The minimum atomic E-state index is -1.92. The van der Waals surface area contributed by atoms with Crippen molar-refractivity contribution in [1.29, 1.82) is 0 Å². The first-order chi connectivity index (χ1) is 31.4. The number of carbonyl (C=O) groups excluding carboxylic acids is 1. The maximum atomic E-state index is 15.4. The maximum Gasteiger partial charge on any atom is 0.397 e. The Bertz CT molecular complexity index is 1620. The Balaban J connectivity index is 1.38. The summed E-state index contributed by atoms with van der Waals surface area (Å²) in [5, 5.41) is 0. The first-order valence-corrected chi connectivity index (χ1v) is 28.2. The molecule has 4 fully saturated rings. The van der Waals surface area contributed by atoms with Gasteiger partial charge in [-0.2, -0.15) is 0 Å². The zero-order valence-electron chi connectivity index (χ0n) is 43.3. The highest BCUT2D eigenvalue weighted by Crippen LogP contribution is 2.55. The van der Waals surface area contributed by atoms with Gasteiger partial charge in [0.25, 0.3) is 0 Å². The molecule has 66 heavy (non-hydrogen) atoms. The van der Waals surface area contributed by atoms with Gasteiger partial charge in [0.05, 0.1) is 49.8 Å². The molecule has 0 aromatic heterocycles. The van der Waals surface area contributed by atoms with Crippen LogP contribution in [0.2, 0.25) is 0 Å². The molecule has 4 aliphatic rings. The van der Waals surface area contributed by atoms with Gasteiger partial charge in [-0.3, -0.25) is 22.9 Å². The summed E-state index contributed by atoms with van der Waals surface area (Å²) in [6, 6.07) is 10.8. The van der Waals surface area contributed by atoms with Gasteiger partial charge < -0.3 is 18.5 Å². The van der Waals surface area contributed by atoms with Crippen LogP contribution in [0.1, 0.15) is 176 Å². The summed E-state index contributed by atoms with van der Waals surface area (Å²) in [5.41, 5.74) is 0.738. The molecule has 4 saturated carbocycles. The summed E-state index contributed by atoms with van der Waals surface area (Å²) in [7, 11) is -0.579. The van der Waals surface area contributed by atoms with Crippen molar-refractivity contribution in [2.24, 2.45) is 71.0 Å². The summed E-state index contributed by atoms with van der Waals surface area (Å²) < 4.78 is 54.1. The van der Waals surface area contributed by atoms with Gasteiger partial charge in [-0.1, -0.05) is 109 Å². The lowest BCUT2D eigenvalue weighted by atomic mass is 9.75. The molecule has 0 aliphatic heterocycles. The first kappa shape index (κ1) is 53.4. The topological polar surface area (TPSA) is 90.9 Å². The van der Waals surface area contributed by atoms with Crippen LogP contribution in [0.4, 0.5) is 0 Å². The largest absolute Gasteiger partial charge is 0.497 e. The van der Waals surface area contributed by atoms with E-state index in [1.54, 1.807) is 38.5 Å². The standard InChI is InChI=1S/C55H88O9P2/c1-33(2)43-21-15-37(9)27-49(43)59-65(60-50-28-38(10)16-22-44(50)34(3)4)63-53-31-41(57-13)19-25-47(53)55(56)48-26-20-42(58-14)32-54(48)64-66(61-51-29-39(11)17-23-45(51)35(5)6)62-52-30-40(12)18-24-46(52)36(7)8/h19-20,25-26,31-40,43-46,49-52H,15-18,21-24,27-30H2,1-14H3/t37-,38-,39-,40-,43+,44+,45+,46?,49-,50-,51-,52-,66?/m1/s1. The molecule has 0 N–H and O–H groups in total. The molecule has 2 unspecified atom stereocenters. The second-order valence-corrected chi connectivity index (χ2v) is 24.7. The molecule has 6 rings (SSSR count). The van der Waals surface area contributed by atoms with E-state index < -0.39 is 17.2 Å². The summed E-state index contributed by atoms with van der Waals surface area (Å²) in [4.78, 5) is 15.4. The molecule has 13 atom stereocenters. The number of benzene rings is 2. The lowest BCUT2D eigenvalue weighted by Crippen LogP contribution is -2.36. The average molecular weight is 955 g/mol. The third-order valence-electron chi connectivity index (χ3n) is 15.9. The molecular weight excluding hydrogens is 867 g/mol. The molecule has 9 nitrogen and oxygen atoms in total. The summed E-state index contributed by atoms with van der Waals surface area (Å²) in [6.07, 6.45) is 12.9. The number of methoxy groups -OCH3 is 2. The van der Waals surface area contributed by atoms with Gasteiger partial charge in [-0.25, -0.2) is 0 Å². The van der Waals surface area contributed by atoms with Crippen molar-refractivity contribution >= 4 is 23.0 Å². The Morgan fingerprint density at radius 1 is 0.455 bits per heavy atom. The Labute approximate surface area is 403 Å². The van der Waals surface area contributed by atoms with Crippen LogP contribution in [0.5, 0.6) is 23.0 Å². The quantitative estimate of drug-likeness (QED) is 0.0950. The third kappa shape index (κ3) is 14.1. The van der Waals surface area contributed by atoms with Gasteiger partial charge in [0.15, 0.2) is 0 Å². The number of hydrogen-bond donors (Lipinski definition) is 0. The van der Waals surface area contributed by atoms with Crippen molar-refractivity contribution in [3.05, 3.63) is 47.5 Å². The Kier molecular flexibility index (Phi) is 20.0. The zero-order chi connectivity index (χ0) is 47.8. The molecule has 0 saturated heterocycles. The normalized spacial score (nSPS) is 31.4. The van der Waals surface area contributed by atoms with Crippen molar-refractivity contribution < 1.29 is 41.4 Å². The predicted octanol–water partition coefficient (Wildman–Crippen LogP) is 16.1. The molecular formula is C55H88O9P2. The Morgan fingerprint density at radius 3 is 0.970 bits per heavy atom. The van der Waals surface area contributed by atoms with Gasteiger partial charge in [-0.05, 0) is 147 Å². The molecule has 4 aliphatic carbocycles. The molecule has 2 aromatic rings. The Morgan fingerprint density at radius 2 is 0.727 bits per heavy atom. The number of ether oxygens (including phenoxy) is 2. The fraction of sp³-hybridized carbons (Fsp3) is 0.764. The van der Waals surface area contributed by atoms with E-state index in [0.29, 0.717) is 105 Å². The van der Waals surface area contributed by atoms with Crippen LogP contribution in [-0.2, 0) is 18.1 Å². The van der Waals surface area contributed by atoms with E-state index in [4.69, 9.17) is 36.6 Å². The summed E-state index contributed by atoms with van der Waals surface area (Å²) in [6.45, 7) is 27.6. The van der Waals surface area contributed by atoms with E-state index in [-0.39, 0.29) is 30.2 Å². The highest BCUT2D eigenvalue weighted by molar-refractivity contribution is 7.42. The van der Waals surface area contributed by atoms with Crippen LogP contribution in [0.15, 0.2) is 36.4 Å². The minimum Gasteiger partial charge on any atom is -0.497 e. The molecule has 2 aromatic carbocycles. The zero-order valence-corrected chi connectivity index (χ0v) is 45.0. The lowest BCUT2D eigenvalue weighted by Gasteiger charge is -2.41. The molecule has 11 heteroatoms. The summed E-state index contributed by atoms with van der Waals surface area (Å²) >= 11 is 0. The van der Waals surface area contributed by atoms with Crippen LogP contribution in [0, 0.1) is 71.0 Å². The number of ketones is 1. The van der Waals surface area contributed by atoms with Gasteiger partial charge in [0, 0.05) is 12.1 Å². The second-order valence-electron chi connectivity index (χ2n) is 22.6. The number of rotatable bonds is 20. The molecule has 0 radical (unpaired) electrons. The van der Waals surface area contributed by atoms with Gasteiger partial charge in [0.2, 0.25) is 5.78 Å². The Hall–Kier alpha value is -1.99. The predicted molar refractivity (Wildman–Crippen MR) is 269 cm³/mol. The highest BCUT2D eigenvalue weighted by Gasteiger charge is 2.42. The second kappa shape index (κ2) is 24.7. The maximum absolute atomic E-state index is 15.4. The third-order valence-corrected chi connectivity index (χ3v) is 18.4. The van der Waals surface area contributed by atoms with E-state index in [2.05, 4.69) is 83.1 Å². The smallest absolute Gasteiger partial charge is 0.397 e. The fourth-order valence-corrected chi connectivity index (χ4v) is 14.4. The van der Waals surface area contributed by atoms with Crippen molar-refractivity contribution in [2.45, 2.75) is 185 Å². The van der Waals surface area contributed by atoms with Crippen molar-refractivity contribution in [1.82, 2.24) is 0 Å². The van der Waals surface area contributed by atoms with Crippen molar-refractivity contribution in [2.75, 3.05) is 14.2 Å². The van der Waals surface area contributed by atoms with Gasteiger partial charge >= 0.3 is 17.2 Å². The van der Waals surface area contributed by atoms with E-state index >= 15 is 4.79 Å². The van der Waals surface area contributed by atoms with Gasteiger partial charge in [-0.15, -0.1) is 0 Å². The molecule has 0 amide bonds. The van der Waals surface area contributed by atoms with Crippen molar-refractivity contribution in [3.63, 3.8) is 0 Å². The monoisotopic (exact) mass is 955 g/mol. The highest BCUT2D eigenvalue weighted by atomic mass is 31.2.